The minimum atomic E-state index is -0.114. The first-order valence-corrected chi connectivity index (χ1v) is 10.3. The highest BCUT2D eigenvalue weighted by atomic mass is 32.1. The van der Waals surface area contributed by atoms with Crippen molar-refractivity contribution in [2.24, 2.45) is 0 Å². The Morgan fingerprint density at radius 2 is 2.04 bits per heavy atom. The number of rotatable bonds is 4. The highest BCUT2D eigenvalue weighted by molar-refractivity contribution is 7.18. The first-order valence-electron chi connectivity index (χ1n) is 9.48. The number of carbonyl (C=O) groups excluding carboxylic acids is 1. The molecule has 0 spiro atoms. The molecule has 0 bridgehead atoms. The molecular formula is C20H20N4O2S. The van der Waals surface area contributed by atoms with E-state index in [1.165, 1.54) is 21.6 Å². The number of aryl methyl sites for hydroxylation is 5. The van der Waals surface area contributed by atoms with E-state index >= 15 is 0 Å². The molecular weight excluding hydrogens is 360 g/mol. The molecule has 27 heavy (non-hydrogen) atoms. The van der Waals surface area contributed by atoms with Gasteiger partial charge in [-0.05, 0) is 61.3 Å². The van der Waals surface area contributed by atoms with Crippen molar-refractivity contribution in [3.63, 3.8) is 0 Å². The van der Waals surface area contributed by atoms with Gasteiger partial charge >= 0.3 is 0 Å². The zero-order chi connectivity index (χ0) is 18.4. The van der Waals surface area contributed by atoms with Crippen molar-refractivity contribution >= 4 is 33.3 Å². The second kappa shape index (κ2) is 6.56. The van der Waals surface area contributed by atoms with Crippen LogP contribution in [0.2, 0.25) is 0 Å². The van der Waals surface area contributed by atoms with Crippen molar-refractivity contribution in [2.75, 3.05) is 5.32 Å². The minimum Gasteiger partial charge on any atom is -0.311 e. The Kier molecular flexibility index (Phi) is 4.04. The second-order valence-electron chi connectivity index (χ2n) is 7.29. The first kappa shape index (κ1) is 16.6. The zero-order valence-corrected chi connectivity index (χ0v) is 15.7. The summed E-state index contributed by atoms with van der Waals surface area (Å²) in [6.07, 6.45) is 8.94. The van der Waals surface area contributed by atoms with Crippen LogP contribution in [-0.4, -0.2) is 20.9 Å². The van der Waals surface area contributed by atoms with Gasteiger partial charge in [0, 0.05) is 23.9 Å². The quantitative estimate of drug-likeness (QED) is 0.728. The molecule has 0 fully saturated rings. The number of nitrogens with one attached hydrogen (secondary N) is 2. The largest absolute Gasteiger partial charge is 0.311 e. The van der Waals surface area contributed by atoms with Gasteiger partial charge < -0.3 is 10.3 Å². The lowest BCUT2D eigenvalue weighted by Gasteiger charge is -2.06. The number of anilines is 1. The third-order valence-corrected chi connectivity index (χ3v) is 6.64. The standard InChI is InChI=1S/C20H20N4O2S/c25-17(22-16-9-11-3-1-4-12(11)10-21-16)8-7-15-23-19(26)18-13-5-2-6-14(13)27-20(18)24-15/h9-10H,1-8H2,(H,21,22,25)(H,23,24,26). The number of H-pyrrole nitrogens is 1. The van der Waals surface area contributed by atoms with Crippen LogP contribution in [0.4, 0.5) is 5.82 Å². The molecule has 5 rings (SSSR count). The zero-order valence-electron chi connectivity index (χ0n) is 14.9. The number of carbonyl (C=O) groups is 1. The maximum Gasteiger partial charge on any atom is 0.259 e. The monoisotopic (exact) mass is 380 g/mol. The van der Waals surface area contributed by atoms with Crippen LogP contribution < -0.4 is 10.9 Å². The maximum atomic E-state index is 12.5. The Labute approximate surface area is 160 Å². The van der Waals surface area contributed by atoms with Crippen LogP contribution in [0.1, 0.15) is 46.7 Å². The average Bonchev–Trinajstić information content (AvgIpc) is 3.34. The molecule has 3 aromatic rings. The highest BCUT2D eigenvalue weighted by Gasteiger charge is 2.21. The van der Waals surface area contributed by atoms with E-state index in [1.54, 1.807) is 11.3 Å². The molecule has 2 aliphatic rings. The smallest absolute Gasteiger partial charge is 0.259 e. The third kappa shape index (κ3) is 3.06. The lowest BCUT2D eigenvalue weighted by molar-refractivity contribution is -0.116. The predicted octanol–water partition coefficient (Wildman–Crippen LogP) is 2.93. The van der Waals surface area contributed by atoms with Gasteiger partial charge in [-0.15, -0.1) is 11.3 Å². The molecule has 6 nitrogen and oxygen atoms in total. The number of fused-ring (bicyclic) bond motifs is 4. The Hall–Kier alpha value is -2.54. The van der Waals surface area contributed by atoms with Gasteiger partial charge in [0.15, 0.2) is 0 Å². The van der Waals surface area contributed by atoms with Crippen LogP contribution in [-0.2, 0) is 36.9 Å². The van der Waals surface area contributed by atoms with Crippen molar-refractivity contribution in [1.82, 2.24) is 15.0 Å². The summed E-state index contributed by atoms with van der Waals surface area (Å²) in [6.45, 7) is 0. The molecule has 3 aromatic heterocycles. The van der Waals surface area contributed by atoms with E-state index in [1.807, 2.05) is 12.3 Å². The Morgan fingerprint density at radius 3 is 2.96 bits per heavy atom. The van der Waals surface area contributed by atoms with E-state index in [-0.39, 0.29) is 17.9 Å². The Balaban J connectivity index is 1.28. The van der Waals surface area contributed by atoms with Crippen molar-refractivity contribution in [3.05, 3.63) is 50.0 Å². The molecule has 0 aliphatic heterocycles. The fraction of sp³-hybridized carbons (Fsp3) is 0.400. The van der Waals surface area contributed by atoms with Crippen molar-refractivity contribution < 1.29 is 4.79 Å². The molecule has 0 atom stereocenters. The third-order valence-electron chi connectivity index (χ3n) is 5.46. The summed E-state index contributed by atoms with van der Waals surface area (Å²) >= 11 is 1.62. The molecule has 7 heteroatoms. The number of hydrogen-bond donors (Lipinski definition) is 2. The maximum absolute atomic E-state index is 12.5. The average molecular weight is 380 g/mol. The molecule has 1 amide bonds. The molecule has 0 unspecified atom stereocenters. The molecule has 2 aliphatic carbocycles. The van der Waals surface area contributed by atoms with E-state index in [0.717, 1.165) is 48.7 Å². The van der Waals surface area contributed by atoms with Crippen molar-refractivity contribution in [1.29, 1.82) is 0 Å². The summed E-state index contributed by atoms with van der Waals surface area (Å²) in [6, 6.07) is 1.97. The topological polar surface area (TPSA) is 87.7 Å². The van der Waals surface area contributed by atoms with Crippen molar-refractivity contribution in [3.8, 4) is 0 Å². The number of pyridine rings is 1. The summed E-state index contributed by atoms with van der Waals surface area (Å²) in [5.41, 5.74) is 3.67. The normalized spacial score (nSPS) is 15.1. The van der Waals surface area contributed by atoms with E-state index < -0.39 is 0 Å². The van der Waals surface area contributed by atoms with E-state index in [4.69, 9.17) is 0 Å². The van der Waals surface area contributed by atoms with Crippen LogP contribution in [0.25, 0.3) is 10.2 Å². The SMILES string of the molecule is O=C(CCc1nc2sc3c(c2c(=O)[nH]1)CCC3)Nc1cc2c(cn1)CCC2. The van der Waals surface area contributed by atoms with Crippen LogP contribution in [0.15, 0.2) is 17.1 Å². The lowest BCUT2D eigenvalue weighted by Crippen LogP contribution is -2.16. The highest BCUT2D eigenvalue weighted by Crippen LogP contribution is 2.34. The van der Waals surface area contributed by atoms with Gasteiger partial charge in [0.2, 0.25) is 5.91 Å². The second-order valence-corrected chi connectivity index (χ2v) is 8.37. The number of aromatic nitrogens is 3. The summed E-state index contributed by atoms with van der Waals surface area (Å²) in [5, 5.41) is 3.61. The van der Waals surface area contributed by atoms with E-state index in [0.29, 0.717) is 18.1 Å². The van der Waals surface area contributed by atoms with Crippen LogP contribution in [0, 0.1) is 0 Å². The first-order chi connectivity index (χ1) is 13.2. The lowest BCUT2D eigenvalue weighted by atomic mass is 10.2. The van der Waals surface area contributed by atoms with Gasteiger partial charge in [0.05, 0.1) is 5.39 Å². The number of amides is 1. The molecule has 0 saturated carbocycles. The summed E-state index contributed by atoms with van der Waals surface area (Å²) < 4.78 is 0. The Morgan fingerprint density at radius 1 is 1.19 bits per heavy atom. The Bertz CT molecular complexity index is 1120. The number of thiophene rings is 1. The molecule has 0 aromatic carbocycles. The predicted molar refractivity (Wildman–Crippen MR) is 105 cm³/mol. The van der Waals surface area contributed by atoms with E-state index in [2.05, 4.69) is 20.3 Å². The minimum absolute atomic E-state index is 0.0740. The van der Waals surface area contributed by atoms with Gasteiger partial charge in [-0.25, -0.2) is 9.97 Å². The van der Waals surface area contributed by atoms with Gasteiger partial charge in [-0.1, -0.05) is 0 Å². The number of hydrogen-bond acceptors (Lipinski definition) is 5. The summed E-state index contributed by atoms with van der Waals surface area (Å²) in [4.78, 5) is 38.6. The number of nitrogens with zero attached hydrogens (tertiary/aromatic N) is 2. The summed E-state index contributed by atoms with van der Waals surface area (Å²) in [5.74, 6) is 1.06. The fourth-order valence-corrected chi connectivity index (χ4v) is 5.40. The van der Waals surface area contributed by atoms with Crippen LogP contribution >= 0.6 is 11.3 Å². The van der Waals surface area contributed by atoms with Gasteiger partial charge in [-0.2, -0.15) is 0 Å². The summed E-state index contributed by atoms with van der Waals surface area (Å²) in [7, 11) is 0. The van der Waals surface area contributed by atoms with Gasteiger partial charge in [0.25, 0.3) is 5.56 Å². The van der Waals surface area contributed by atoms with E-state index in [9.17, 15) is 9.59 Å². The van der Waals surface area contributed by atoms with Gasteiger partial charge in [-0.3, -0.25) is 9.59 Å². The molecule has 0 saturated heterocycles. The fourth-order valence-electron chi connectivity index (χ4n) is 4.12. The molecule has 138 valence electrons. The van der Waals surface area contributed by atoms with Gasteiger partial charge in [0.1, 0.15) is 16.5 Å². The van der Waals surface area contributed by atoms with Crippen LogP contribution in [0.5, 0.6) is 0 Å². The molecule has 2 N–H and O–H groups in total. The van der Waals surface area contributed by atoms with Crippen LogP contribution in [0.3, 0.4) is 0 Å². The molecule has 3 heterocycles. The van der Waals surface area contributed by atoms with Crippen molar-refractivity contribution in [2.45, 2.75) is 51.4 Å². The molecule has 0 radical (unpaired) electrons. The number of aromatic amines is 1.